The molecule has 0 heterocycles. The first-order valence-corrected chi connectivity index (χ1v) is 12.0. The fourth-order valence-corrected chi connectivity index (χ4v) is 5.50. The minimum Gasteiger partial charge on any atom is -0.193 e. The Morgan fingerprint density at radius 3 is 2.09 bits per heavy atom. The van der Waals surface area contributed by atoms with Crippen LogP contribution in [0.5, 0.6) is 0 Å². The van der Waals surface area contributed by atoms with Gasteiger partial charge < -0.3 is 0 Å². The second-order valence-corrected chi connectivity index (χ2v) is 9.45. The molecule has 0 bridgehead atoms. The lowest BCUT2D eigenvalue weighted by Gasteiger charge is -2.36. The van der Waals surface area contributed by atoms with Gasteiger partial charge in [-0.3, -0.25) is 0 Å². The van der Waals surface area contributed by atoms with E-state index < -0.39 is 11.7 Å². The van der Waals surface area contributed by atoms with E-state index in [0.29, 0.717) is 17.8 Å². The van der Waals surface area contributed by atoms with Crippen molar-refractivity contribution in [2.24, 2.45) is 17.8 Å². The standard InChI is InChI=1S/C28H34F3N/c1-21(23-10-8-22(9-11-23)7-5-3-2-4-6-20-32)24-12-14-25(15-13-24)26-16-18-27(19-17-26)28(29,30)31/h2-4,6,16-19,22-25H,1,5,7-15H2/b3-2+,6-4+/t22-,23-,24-,25-. The summed E-state index contributed by atoms with van der Waals surface area (Å²) in [6.07, 6.45) is 14.7. The minimum atomic E-state index is -4.26. The molecule has 0 amide bonds. The molecule has 172 valence electrons. The van der Waals surface area contributed by atoms with Crippen molar-refractivity contribution in [2.75, 3.05) is 0 Å². The van der Waals surface area contributed by atoms with E-state index >= 15 is 0 Å². The van der Waals surface area contributed by atoms with Crippen LogP contribution in [0.1, 0.15) is 81.3 Å². The molecule has 0 aromatic heterocycles. The summed E-state index contributed by atoms with van der Waals surface area (Å²) in [6.45, 7) is 4.50. The summed E-state index contributed by atoms with van der Waals surface area (Å²) < 4.78 is 38.4. The summed E-state index contributed by atoms with van der Waals surface area (Å²) in [5.74, 6) is 2.36. The highest BCUT2D eigenvalue weighted by atomic mass is 19.4. The van der Waals surface area contributed by atoms with Crippen molar-refractivity contribution in [3.05, 3.63) is 71.8 Å². The summed E-state index contributed by atoms with van der Waals surface area (Å²) in [5.41, 5.74) is 1.90. The molecule has 2 aliphatic carbocycles. The molecule has 0 unspecified atom stereocenters. The predicted octanol–water partition coefficient (Wildman–Crippen LogP) is 8.76. The molecular formula is C28H34F3N. The number of hydrogen-bond acceptors (Lipinski definition) is 1. The highest BCUT2D eigenvalue weighted by molar-refractivity contribution is 5.27. The normalized spacial score (nSPS) is 26.9. The first-order chi connectivity index (χ1) is 15.4. The van der Waals surface area contributed by atoms with E-state index in [4.69, 9.17) is 5.26 Å². The van der Waals surface area contributed by atoms with Crippen LogP contribution in [0.3, 0.4) is 0 Å². The van der Waals surface area contributed by atoms with Crippen molar-refractivity contribution >= 4 is 0 Å². The summed E-state index contributed by atoms with van der Waals surface area (Å²) >= 11 is 0. The molecule has 0 radical (unpaired) electrons. The van der Waals surface area contributed by atoms with Crippen LogP contribution < -0.4 is 0 Å². The van der Waals surface area contributed by atoms with Gasteiger partial charge in [0.15, 0.2) is 0 Å². The largest absolute Gasteiger partial charge is 0.416 e. The number of alkyl halides is 3. The Bertz CT molecular complexity index is 825. The van der Waals surface area contributed by atoms with Gasteiger partial charge in [0.2, 0.25) is 0 Å². The number of nitriles is 1. The zero-order valence-electron chi connectivity index (χ0n) is 18.8. The lowest BCUT2D eigenvalue weighted by atomic mass is 9.69. The zero-order valence-corrected chi connectivity index (χ0v) is 18.8. The van der Waals surface area contributed by atoms with Crippen LogP contribution in [0, 0.1) is 29.1 Å². The summed E-state index contributed by atoms with van der Waals surface area (Å²) in [6, 6.07) is 7.76. The molecule has 0 aliphatic heterocycles. The number of halogens is 3. The molecule has 32 heavy (non-hydrogen) atoms. The third-order valence-corrected chi connectivity index (χ3v) is 7.49. The third kappa shape index (κ3) is 6.86. The number of rotatable bonds is 7. The van der Waals surface area contributed by atoms with Crippen LogP contribution in [0.2, 0.25) is 0 Å². The summed E-state index contributed by atoms with van der Waals surface area (Å²) in [7, 11) is 0. The Balaban J connectivity index is 1.40. The number of hydrogen-bond donors (Lipinski definition) is 0. The van der Waals surface area contributed by atoms with Crippen LogP contribution >= 0.6 is 0 Å². The van der Waals surface area contributed by atoms with Crippen molar-refractivity contribution in [3.8, 4) is 6.07 Å². The van der Waals surface area contributed by atoms with Crippen LogP contribution in [-0.2, 0) is 6.18 Å². The number of allylic oxidation sites excluding steroid dienone is 5. The Morgan fingerprint density at radius 1 is 0.938 bits per heavy atom. The van der Waals surface area contributed by atoms with Gasteiger partial charge in [-0.2, -0.15) is 18.4 Å². The van der Waals surface area contributed by atoms with Crippen molar-refractivity contribution in [2.45, 2.75) is 76.3 Å². The molecule has 2 aliphatic rings. The van der Waals surface area contributed by atoms with Gasteiger partial charge in [0.25, 0.3) is 0 Å². The average Bonchev–Trinajstić information content (AvgIpc) is 2.81. The van der Waals surface area contributed by atoms with Crippen molar-refractivity contribution in [1.29, 1.82) is 5.26 Å². The van der Waals surface area contributed by atoms with Crippen molar-refractivity contribution < 1.29 is 13.2 Å². The monoisotopic (exact) mass is 441 g/mol. The van der Waals surface area contributed by atoms with E-state index in [1.165, 1.54) is 55.9 Å². The molecule has 2 saturated carbocycles. The fraction of sp³-hybridized carbons (Fsp3) is 0.536. The van der Waals surface area contributed by atoms with E-state index in [1.807, 2.05) is 12.1 Å². The zero-order chi connectivity index (χ0) is 23.0. The molecule has 0 N–H and O–H groups in total. The molecule has 1 aromatic rings. The topological polar surface area (TPSA) is 23.8 Å². The van der Waals surface area contributed by atoms with Crippen LogP contribution in [0.15, 0.2) is 60.7 Å². The number of benzene rings is 1. The van der Waals surface area contributed by atoms with Gasteiger partial charge in [-0.25, -0.2) is 0 Å². The molecule has 1 nitrogen and oxygen atoms in total. The van der Waals surface area contributed by atoms with E-state index in [1.54, 1.807) is 18.2 Å². The van der Waals surface area contributed by atoms with Gasteiger partial charge in [-0.15, -0.1) is 0 Å². The quantitative estimate of drug-likeness (QED) is 0.236. The molecular weight excluding hydrogens is 407 g/mol. The molecule has 2 fully saturated rings. The number of nitrogens with zero attached hydrogens (tertiary/aromatic N) is 1. The van der Waals surface area contributed by atoms with Gasteiger partial charge >= 0.3 is 6.18 Å². The van der Waals surface area contributed by atoms with Crippen LogP contribution in [-0.4, -0.2) is 0 Å². The van der Waals surface area contributed by atoms with Gasteiger partial charge in [0, 0.05) is 6.08 Å². The predicted molar refractivity (Wildman–Crippen MR) is 124 cm³/mol. The summed E-state index contributed by atoms with van der Waals surface area (Å²) in [5, 5.41) is 8.48. The van der Waals surface area contributed by atoms with E-state index in [-0.39, 0.29) is 0 Å². The van der Waals surface area contributed by atoms with Crippen LogP contribution in [0.4, 0.5) is 13.2 Å². The first kappa shape index (κ1) is 24.4. The molecule has 1 aromatic carbocycles. The molecule has 0 atom stereocenters. The molecule has 0 saturated heterocycles. The summed E-state index contributed by atoms with van der Waals surface area (Å²) in [4.78, 5) is 0. The van der Waals surface area contributed by atoms with Gasteiger partial charge in [0.05, 0.1) is 11.6 Å². The Labute approximate surface area is 190 Å². The lowest BCUT2D eigenvalue weighted by Crippen LogP contribution is -2.22. The van der Waals surface area contributed by atoms with E-state index in [2.05, 4.69) is 12.7 Å². The van der Waals surface area contributed by atoms with E-state index in [0.717, 1.165) is 43.6 Å². The minimum absolute atomic E-state index is 0.369. The highest BCUT2D eigenvalue weighted by Crippen LogP contribution is 2.44. The average molecular weight is 442 g/mol. The second-order valence-electron chi connectivity index (χ2n) is 9.45. The van der Waals surface area contributed by atoms with Crippen LogP contribution in [0.25, 0.3) is 0 Å². The van der Waals surface area contributed by atoms with Crippen molar-refractivity contribution in [3.63, 3.8) is 0 Å². The first-order valence-electron chi connectivity index (χ1n) is 12.0. The second kappa shape index (κ2) is 11.5. The maximum atomic E-state index is 12.8. The van der Waals surface area contributed by atoms with E-state index in [9.17, 15) is 13.2 Å². The molecule has 4 heteroatoms. The molecule has 3 rings (SSSR count). The Kier molecular flexibility index (Phi) is 8.79. The smallest absolute Gasteiger partial charge is 0.193 e. The van der Waals surface area contributed by atoms with Crippen molar-refractivity contribution in [1.82, 2.24) is 0 Å². The maximum absolute atomic E-state index is 12.8. The SMILES string of the molecule is C=C([C@H]1CC[C@H](CC/C=C/C=C/C#N)CC1)[C@H]1CC[C@H](c2ccc(C(F)(F)F)cc2)CC1. The Morgan fingerprint density at radius 2 is 1.53 bits per heavy atom. The maximum Gasteiger partial charge on any atom is 0.416 e. The highest BCUT2D eigenvalue weighted by Gasteiger charge is 2.32. The van der Waals surface area contributed by atoms with Gasteiger partial charge in [-0.05, 0) is 106 Å². The lowest BCUT2D eigenvalue weighted by molar-refractivity contribution is -0.137. The Hall–Kier alpha value is -2.28. The third-order valence-electron chi connectivity index (χ3n) is 7.49. The molecule has 0 spiro atoms. The van der Waals surface area contributed by atoms with Gasteiger partial charge in [0.1, 0.15) is 0 Å². The van der Waals surface area contributed by atoms with Gasteiger partial charge in [-0.1, -0.05) is 42.5 Å². The fourth-order valence-electron chi connectivity index (χ4n) is 5.50.